The van der Waals surface area contributed by atoms with E-state index in [1.807, 2.05) is 73.6 Å². The van der Waals surface area contributed by atoms with Gasteiger partial charge in [0, 0.05) is 11.1 Å². The third-order valence-corrected chi connectivity index (χ3v) is 5.49. The van der Waals surface area contributed by atoms with Gasteiger partial charge >= 0.3 is 6.09 Å². The van der Waals surface area contributed by atoms with Gasteiger partial charge in [-0.1, -0.05) is 36.2 Å². The first kappa shape index (κ1) is 30.4. The van der Waals surface area contributed by atoms with Crippen LogP contribution in [0.15, 0.2) is 18.2 Å². The second-order valence-corrected chi connectivity index (χ2v) is 11.8. The molecule has 198 valence electrons. The number of aliphatic hydroxyl groups is 1. The Kier molecular flexibility index (Phi) is 9.92. The normalized spacial score (nSPS) is 14.1. The van der Waals surface area contributed by atoms with Crippen LogP contribution in [0.4, 0.5) is 4.79 Å². The number of aliphatic hydroxyl groups excluding tert-OH is 1. The molecule has 1 aromatic rings. The van der Waals surface area contributed by atoms with Gasteiger partial charge in [-0.2, -0.15) is 0 Å². The molecule has 0 fully saturated rings. The number of rotatable bonds is 8. The molecule has 0 saturated carbocycles. The molecule has 8 heteroatoms. The van der Waals surface area contributed by atoms with Crippen molar-refractivity contribution in [3.8, 4) is 0 Å². The molecule has 0 bridgehead atoms. The van der Waals surface area contributed by atoms with Gasteiger partial charge in [0.1, 0.15) is 17.7 Å². The smallest absolute Gasteiger partial charge is 0.408 e. The van der Waals surface area contributed by atoms with Crippen molar-refractivity contribution in [2.75, 3.05) is 6.61 Å². The van der Waals surface area contributed by atoms with Crippen LogP contribution in [0, 0.1) is 13.8 Å². The summed E-state index contributed by atoms with van der Waals surface area (Å²) >= 11 is 0. The first-order valence-corrected chi connectivity index (χ1v) is 12.1. The summed E-state index contributed by atoms with van der Waals surface area (Å²) in [7, 11) is 0. The van der Waals surface area contributed by atoms with Crippen LogP contribution in [0.25, 0.3) is 0 Å². The van der Waals surface area contributed by atoms with Gasteiger partial charge in [-0.15, -0.1) is 0 Å². The summed E-state index contributed by atoms with van der Waals surface area (Å²) in [5.41, 5.74) is 0.487. The van der Waals surface area contributed by atoms with Gasteiger partial charge in [0.05, 0.1) is 6.61 Å². The standard InChI is InChI=1S/C27H45N3O5/c1-12-27(10,11)30(23(33)20(16-31)28-24(34)35-26(7,8)9)21(22(32)29-25(4,5)6)19-14-17(2)13-18(3)15-19/h13-15,20-21,31H,12,16H2,1-11H3,(H,28,34)(H,29,32). The Hall–Kier alpha value is -2.61. The lowest BCUT2D eigenvalue weighted by Gasteiger charge is -2.45. The Morgan fingerprint density at radius 2 is 1.49 bits per heavy atom. The van der Waals surface area contributed by atoms with E-state index in [-0.39, 0.29) is 5.91 Å². The zero-order chi connectivity index (χ0) is 27.4. The Balaban J connectivity index is 3.65. The van der Waals surface area contributed by atoms with Crippen LogP contribution < -0.4 is 10.6 Å². The first-order valence-electron chi connectivity index (χ1n) is 12.1. The third-order valence-electron chi connectivity index (χ3n) is 5.49. The van der Waals surface area contributed by atoms with Crippen LogP contribution in [0.3, 0.4) is 0 Å². The number of carbonyl (C=O) groups excluding carboxylic acids is 3. The quantitative estimate of drug-likeness (QED) is 0.506. The second kappa shape index (κ2) is 11.4. The first-order chi connectivity index (χ1) is 15.8. The van der Waals surface area contributed by atoms with Gasteiger partial charge in [0.25, 0.3) is 0 Å². The molecule has 0 radical (unpaired) electrons. The number of nitrogens with zero attached hydrogens (tertiary/aromatic N) is 1. The van der Waals surface area contributed by atoms with Crippen LogP contribution in [0.1, 0.15) is 91.5 Å². The topological polar surface area (TPSA) is 108 Å². The number of amides is 3. The summed E-state index contributed by atoms with van der Waals surface area (Å²) in [5.74, 6) is -0.912. The molecule has 0 heterocycles. The van der Waals surface area contributed by atoms with Gasteiger partial charge in [-0.05, 0) is 81.2 Å². The fourth-order valence-corrected chi connectivity index (χ4v) is 3.77. The van der Waals surface area contributed by atoms with E-state index < -0.39 is 47.4 Å². The molecular weight excluding hydrogens is 446 g/mol. The SMILES string of the molecule is CCC(C)(C)N(C(=O)C(CO)NC(=O)OC(C)(C)C)C(C(=O)NC(C)(C)C)c1cc(C)cc(C)c1. The average molecular weight is 492 g/mol. The lowest BCUT2D eigenvalue weighted by molar-refractivity contribution is -0.150. The van der Waals surface area contributed by atoms with Crippen LogP contribution in [-0.2, 0) is 14.3 Å². The fraction of sp³-hybridized carbons (Fsp3) is 0.667. The van der Waals surface area contributed by atoms with Crippen LogP contribution in [0.2, 0.25) is 0 Å². The van der Waals surface area contributed by atoms with E-state index in [1.54, 1.807) is 20.8 Å². The number of benzene rings is 1. The largest absolute Gasteiger partial charge is 0.444 e. The van der Waals surface area contributed by atoms with Crippen molar-refractivity contribution in [2.24, 2.45) is 0 Å². The minimum Gasteiger partial charge on any atom is -0.444 e. The fourth-order valence-electron chi connectivity index (χ4n) is 3.77. The average Bonchev–Trinajstić information content (AvgIpc) is 2.65. The van der Waals surface area contributed by atoms with Crippen molar-refractivity contribution in [1.29, 1.82) is 0 Å². The van der Waals surface area contributed by atoms with Gasteiger partial charge in [-0.3, -0.25) is 9.59 Å². The molecule has 0 aliphatic carbocycles. The molecule has 0 spiro atoms. The number of hydrogen-bond acceptors (Lipinski definition) is 5. The maximum atomic E-state index is 14.0. The number of hydrogen-bond donors (Lipinski definition) is 3. The number of alkyl carbamates (subject to hydrolysis) is 1. The Morgan fingerprint density at radius 1 is 0.971 bits per heavy atom. The van der Waals surface area contributed by atoms with E-state index in [1.165, 1.54) is 4.90 Å². The van der Waals surface area contributed by atoms with Crippen molar-refractivity contribution < 1.29 is 24.2 Å². The highest BCUT2D eigenvalue weighted by Gasteiger charge is 2.43. The maximum absolute atomic E-state index is 14.0. The molecule has 35 heavy (non-hydrogen) atoms. The second-order valence-electron chi connectivity index (χ2n) is 11.8. The lowest BCUT2D eigenvalue weighted by Crippen LogP contribution is -2.61. The van der Waals surface area contributed by atoms with Crippen LogP contribution in [0.5, 0.6) is 0 Å². The summed E-state index contributed by atoms with van der Waals surface area (Å²) in [6.07, 6.45) is -0.283. The minimum atomic E-state index is -1.29. The van der Waals surface area contributed by atoms with Gasteiger partial charge in [0.2, 0.25) is 11.8 Å². The molecule has 0 saturated heterocycles. The van der Waals surface area contributed by atoms with Crippen LogP contribution in [-0.4, -0.2) is 57.2 Å². The molecule has 3 N–H and O–H groups in total. The van der Waals surface area contributed by atoms with Crippen molar-refractivity contribution in [2.45, 2.75) is 111 Å². The van der Waals surface area contributed by atoms with Gasteiger partial charge in [0.15, 0.2) is 0 Å². The highest BCUT2D eigenvalue weighted by molar-refractivity contribution is 5.93. The predicted octanol–water partition coefficient (Wildman–Crippen LogP) is 4.16. The third kappa shape index (κ3) is 9.17. The molecule has 0 aliphatic rings. The lowest BCUT2D eigenvalue weighted by atomic mass is 9.90. The number of ether oxygens (including phenoxy) is 1. The molecular formula is C27H45N3O5. The predicted molar refractivity (Wildman–Crippen MR) is 138 cm³/mol. The van der Waals surface area contributed by atoms with E-state index in [0.29, 0.717) is 12.0 Å². The Labute approximate surface area is 210 Å². The summed E-state index contributed by atoms with van der Waals surface area (Å²) < 4.78 is 5.29. The van der Waals surface area contributed by atoms with E-state index in [0.717, 1.165) is 11.1 Å². The Morgan fingerprint density at radius 3 is 1.89 bits per heavy atom. The molecule has 0 aromatic heterocycles. The highest BCUT2D eigenvalue weighted by atomic mass is 16.6. The molecule has 2 atom stereocenters. The zero-order valence-corrected chi connectivity index (χ0v) is 23.3. The van der Waals surface area contributed by atoms with Crippen LogP contribution >= 0.6 is 0 Å². The monoisotopic (exact) mass is 491 g/mol. The van der Waals surface area contributed by atoms with E-state index in [9.17, 15) is 19.5 Å². The van der Waals surface area contributed by atoms with E-state index >= 15 is 0 Å². The molecule has 0 aliphatic heterocycles. The number of carbonyl (C=O) groups is 3. The van der Waals surface area contributed by atoms with Crippen molar-refractivity contribution in [3.63, 3.8) is 0 Å². The highest BCUT2D eigenvalue weighted by Crippen LogP contribution is 2.33. The molecule has 1 aromatic carbocycles. The minimum absolute atomic E-state index is 0.341. The number of nitrogens with one attached hydrogen (secondary N) is 2. The summed E-state index contributed by atoms with van der Waals surface area (Å²) in [6.45, 7) is 19.7. The maximum Gasteiger partial charge on any atom is 0.408 e. The van der Waals surface area contributed by atoms with Gasteiger partial charge in [-0.25, -0.2) is 4.79 Å². The van der Waals surface area contributed by atoms with Crippen molar-refractivity contribution in [3.05, 3.63) is 34.9 Å². The summed E-state index contributed by atoms with van der Waals surface area (Å²) in [4.78, 5) is 41.6. The number of aryl methyl sites for hydroxylation is 2. The zero-order valence-electron chi connectivity index (χ0n) is 23.3. The summed E-state index contributed by atoms with van der Waals surface area (Å²) in [6, 6.07) is 3.51. The molecule has 2 unspecified atom stereocenters. The summed E-state index contributed by atoms with van der Waals surface area (Å²) in [5, 5.41) is 15.6. The Bertz CT molecular complexity index is 892. The molecule has 1 rings (SSSR count). The van der Waals surface area contributed by atoms with E-state index in [2.05, 4.69) is 10.6 Å². The van der Waals surface area contributed by atoms with Gasteiger partial charge < -0.3 is 25.4 Å². The molecule has 3 amide bonds. The van der Waals surface area contributed by atoms with Crippen molar-refractivity contribution in [1.82, 2.24) is 15.5 Å². The van der Waals surface area contributed by atoms with Crippen molar-refractivity contribution >= 4 is 17.9 Å². The van der Waals surface area contributed by atoms with E-state index in [4.69, 9.17) is 4.74 Å². The molecule has 8 nitrogen and oxygen atoms in total.